The molecule has 0 unspecified atom stereocenters. The van der Waals surface area contributed by atoms with Crippen molar-refractivity contribution in [1.29, 1.82) is 0 Å². The second-order valence-electron chi connectivity index (χ2n) is 6.97. The van der Waals surface area contributed by atoms with E-state index < -0.39 is 0 Å². The van der Waals surface area contributed by atoms with Crippen LogP contribution in [0.25, 0.3) is 11.3 Å². The molecule has 0 spiro atoms. The zero-order chi connectivity index (χ0) is 18.4. The van der Waals surface area contributed by atoms with Gasteiger partial charge in [-0.05, 0) is 13.0 Å². The number of nitrogens with zero attached hydrogens (tertiary/aromatic N) is 5. The number of hydrogen-bond acceptors (Lipinski definition) is 5. The maximum Gasteiger partial charge on any atom is 0.227 e. The Morgan fingerprint density at radius 3 is 2.38 bits per heavy atom. The van der Waals surface area contributed by atoms with Crippen LogP contribution < -0.4 is 9.80 Å². The van der Waals surface area contributed by atoms with E-state index in [1.807, 2.05) is 6.07 Å². The molecule has 2 aromatic rings. The van der Waals surface area contributed by atoms with Gasteiger partial charge in [0.25, 0.3) is 0 Å². The minimum absolute atomic E-state index is 0.827. The lowest BCUT2D eigenvalue weighted by molar-refractivity contribution is 0.270. The molecule has 140 valence electrons. The van der Waals surface area contributed by atoms with Crippen LogP contribution in [0.3, 0.4) is 0 Å². The second kappa shape index (κ2) is 8.99. The first-order valence-electron chi connectivity index (χ1n) is 9.84. The monoisotopic (exact) mass is 353 g/mol. The van der Waals surface area contributed by atoms with E-state index in [-0.39, 0.29) is 0 Å². The van der Waals surface area contributed by atoms with Crippen LogP contribution in [0.4, 0.5) is 11.8 Å². The molecule has 0 amide bonds. The van der Waals surface area contributed by atoms with E-state index in [1.54, 1.807) is 0 Å². The first-order valence-corrected chi connectivity index (χ1v) is 9.84. The van der Waals surface area contributed by atoms with E-state index in [4.69, 9.17) is 9.97 Å². The number of likely N-dealkylation sites (N-methyl/N-ethyl adjacent to an activating group) is 1. The molecule has 0 aliphatic carbocycles. The lowest BCUT2D eigenvalue weighted by Crippen LogP contribution is -2.46. The van der Waals surface area contributed by atoms with Crippen molar-refractivity contribution in [3.8, 4) is 11.3 Å². The second-order valence-corrected chi connectivity index (χ2v) is 6.97. The maximum atomic E-state index is 4.91. The van der Waals surface area contributed by atoms with Gasteiger partial charge in [-0.15, -0.1) is 0 Å². The molecule has 5 nitrogen and oxygen atoms in total. The van der Waals surface area contributed by atoms with Gasteiger partial charge in [-0.25, -0.2) is 4.98 Å². The Bertz CT molecular complexity index is 680. The number of rotatable bonds is 7. The molecule has 5 heteroatoms. The zero-order valence-electron chi connectivity index (χ0n) is 16.4. The summed E-state index contributed by atoms with van der Waals surface area (Å²) in [6.45, 7) is 10.8. The highest BCUT2D eigenvalue weighted by Crippen LogP contribution is 2.25. The molecule has 1 fully saturated rings. The highest BCUT2D eigenvalue weighted by molar-refractivity contribution is 5.65. The molecule has 1 aliphatic heterocycles. The third kappa shape index (κ3) is 4.52. The number of hydrogen-bond donors (Lipinski definition) is 0. The number of benzene rings is 1. The summed E-state index contributed by atoms with van der Waals surface area (Å²) in [6, 6.07) is 12.6. The molecular formula is C21H31N5. The molecule has 3 rings (SSSR count). The summed E-state index contributed by atoms with van der Waals surface area (Å²) in [5.41, 5.74) is 2.15. The summed E-state index contributed by atoms with van der Waals surface area (Å²) in [5.74, 6) is 1.88. The highest BCUT2D eigenvalue weighted by atomic mass is 15.3. The summed E-state index contributed by atoms with van der Waals surface area (Å²) < 4.78 is 0. The Balaban J connectivity index is 1.90. The van der Waals surface area contributed by atoms with Crippen LogP contribution >= 0.6 is 0 Å². The van der Waals surface area contributed by atoms with Crippen LogP contribution in [0, 0.1) is 0 Å². The van der Waals surface area contributed by atoms with E-state index in [0.29, 0.717) is 0 Å². The summed E-state index contributed by atoms with van der Waals surface area (Å²) >= 11 is 0. The topological polar surface area (TPSA) is 35.5 Å². The van der Waals surface area contributed by atoms with Gasteiger partial charge in [-0.1, -0.05) is 50.6 Å². The standard InChI is InChI=1S/C21H31N5/c1-4-6-12-24(3)21-22-19(18-10-8-7-9-11-18)17-20(23-21)26-15-13-25(5-2)14-16-26/h7-11,17H,4-6,12-16H2,1-3H3. The fraction of sp³-hybridized carbons (Fsp3) is 0.524. The van der Waals surface area contributed by atoms with Gasteiger partial charge in [0, 0.05) is 51.4 Å². The molecular weight excluding hydrogens is 322 g/mol. The van der Waals surface area contributed by atoms with E-state index in [1.165, 1.54) is 6.42 Å². The van der Waals surface area contributed by atoms with Crippen molar-refractivity contribution < 1.29 is 0 Å². The molecule has 26 heavy (non-hydrogen) atoms. The quantitative estimate of drug-likeness (QED) is 0.761. The predicted molar refractivity (Wildman–Crippen MR) is 110 cm³/mol. The SMILES string of the molecule is CCCCN(C)c1nc(-c2ccccc2)cc(N2CCN(CC)CC2)n1. The van der Waals surface area contributed by atoms with Crippen molar-refractivity contribution in [2.45, 2.75) is 26.7 Å². The Morgan fingerprint density at radius 1 is 1.00 bits per heavy atom. The van der Waals surface area contributed by atoms with Gasteiger partial charge >= 0.3 is 0 Å². The highest BCUT2D eigenvalue weighted by Gasteiger charge is 2.19. The van der Waals surface area contributed by atoms with E-state index in [2.05, 4.69) is 65.9 Å². The zero-order valence-corrected chi connectivity index (χ0v) is 16.4. The number of unbranched alkanes of at least 4 members (excludes halogenated alkanes) is 1. The predicted octanol–water partition coefficient (Wildman–Crippen LogP) is 3.52. The summed E-state index contributed by atoms with van der Waals surface area (Å²) in [6.07, 6.45) is 2.33. The van der Waals surface area contributed by atoms with Crippen LogP contribution in [-0.4, -0.2) is 61.2 Å². The minimum Gasteiger partial charge on any atom is -0.354 e. The average Bonchev–Trinajstić information content (AvgIpc) is 2.72. The molecule has 2 heterocycles. The van der Waals surface area contributed by atoms with Gasteiger partial charge in [0.15, 0.2) is 0 Å². The van der Waals surface area contributed by atoms with Gasteiger partial charge in [-0.3, -0.25) is 0 Å². The van der Waals surface area contributed by atoms with Crippen molar-refractivity contribution in [3.63, 3.8) is 0 Å². The molecule has 0 radical (unpaired) electrons. The average molecular weight is 354 g/mol. The van der Waals surface area contributed by atoms with Gasteiger partial charge in [0.1, 0.15) is 5.82 Å². The van der Waals surface area contributed by atoms with E-state index in [9.17, 15) is 0 Å². The van der Waals surface area contributed by atoms with Crippen molar-refractivity contribution in [1.82, 2.24) is 14.9 Å². The Hall–Kier alpha value is -2.14. The summed E-state index contributed by atoms with van der Waals surface area (Å²) in [5, 5.41) is 0. The Morgan fingerprint density at radius 2 is 1.73 bits per heavy atom. The van der Waals surface area contributed by atoms with Gasteiger partial charge in [0.2, 0.25) is 5.95 Å². The number of aromatic nitrogens is 2. The molecule has 0 saturated carbocycles. The number of piperazine rings is 1. The largest absolute Gasteiger partial charge is 0.354 e. The molecule has 1 saturated heterocycles. The van der Waals surface area contributed by atoms with Crippen LogP contribution in [0.5, 0.6) is 0 Å². The fourth-order valence-electron chi connectivity index (χ4n) is 3.30. The molecule has 1 aromatic carbocycles. The molecule has 0 atom stereocenters. The van der Waals surface area contributed by atoms with Gasteiger partial charge in [-0.2, -0.15) is 4.98 Å². The van der Waals surface area contributed by atoms with Crippen LogP contribution in [0.2, 0.25) is 0 Å². The van der Waals surface area contributed by atoms with Crippen LogP contribution in [0.15, 0.2) is 36.4 Å². The third-order valence-electron chi connectivity index (χ3n) is 5.10. The lowest BCUT2D eigenvalue weighted by Gasteiger charge is -2.35. The molecule has 1 aromatic heterocycles. The Kier molecular flexibility index (Phi) is 6.45. The smallest absolute Gasteiger partial charge is 0.227 e. The van der Waals surface area contributed by atoms with Crippen molar-refractivity contribution >= 4 is 11.8 Å². The van der Waals surface area contributed by atoms with Crippen molar-refractivity contribution in [2.75, 3.05) is 56.1 Å². The first kappa shape index (κ1) is 18.6. The van der Waals surface area contributed by atoms with E-state index >= 15 is 0 Å². The van der Waals surface area contributed by atoms with Gasteiger partial charge < -0.3 is 14.7 Å². The summed E-state index contributed by atoms with van der Waals surface area (Å²) in [7, 11) is 2.10. The minimum atomic E-state index is 0.827. The third-order valence-corrected chi connectivity index (χ3v) is 5.10. The first-order chi connectivity index (χ1) is 12.7. The summed E-state index contributed by atoms with van der Waals surface area (Å²) in [4.78, 5) is 16.8. The molecule has 0 bridgehead atoms. The molecule has 0 N–H and O–H groups in total. The van der Waals surface area contributed by atoms with Crippen LogP contribution in [-0.2, 0) is 0 Å². The normalized spacial score (nSPS) is 15.3. The number of anilines is 2. The van der Waals surface area contributed by atoms with E-state index in [0.717, 1.165) is 68.7 Å². The maximum absolute atomic E-state index is 4.91. The van der Waals surface area contributed by atoms with Crippen molar-refractivity contribution in [2.24, 2.45) is 0 Å². The van der Waals surface area contributed by atoms with Crippen LogP contribution in [0.1, 0.15) is 26.7 Å². The Labute approximate surface area is 157 Å². The lowest BCUT2D eigenvalue weighted by atomic mass is 10.1. The van der Waals surface area contributed by atoms with Crippen molar-refractivity contribution in [3.05, 3.63) is 36.4 Å². The fourth-order valence-corrected chi connectivity index (χ4v) is 3.30. The van der Waals surface area contributed by atoms with Gasteiger partial charge in [0.05, 0.1) is 5.69 Å². The molecule has 1 aliphatic rings.